The first kappa shape index (κ1) is 79.1. The first-order valence-electron chi connectivity index (χ1n) is 35.4. The molecule has 0 saturated heterocycles. The summed E-state index contributed by atoms with van der Waals surface area (Å²) in [6.45, 7) is 6.51. The van der Waals surface area contributed by atoms with Gasteiger partial charge >= 0.3 is 17.9 Å². The molecule has 0 aliphatic carbocycles. The molecule has 0 aromatic rings. The van der Waals surface area contributed by atoms with E-state index in [9.17, 15) is 14.4 Å². The standard InChI is InChI=1S/C77H132O6/c1-4-7-10-13-16-19-22-24-26-28-30-32-34-36-38-39-40-42-43-45-47-49-51-53-55-58-61-64-67-70-76(79)82-73-74(72-81-75(78)69-66-63-60-57-21-18-15-12-9-6-3)83-77(80)71-68-65-62-59-56-54-52-50-48-46-44-41-37-35-33-31-29-27-25-23-20-17-14-11-8-5-2/h7,10,16,19,24,26,30,32,36,38,40,42,45,47,51,53,58,61,74H,4-6,8-9,11-15,17-18,20-23,25,27-29,31,33-35,37,39,41,43-44,46,48-50,52,54-57,59-60,62-73H2,1-3H3/b10-7-,19-16-,26-24-,32-30-,38-36-,42-40-,47-45-,53-51-,61-58-. The van der Waals surface area contributed by atoms with E-state index >= 15 is 0 Å². The van der Waals surface area contributed by atoms with E-state index in [1.165, 1.54) is 193 Å². The van der Waals surface area contributed by atoms with Gasteiger partial charge in [0.1, 0.15) is 13.2 Å². The molecule has 0 rings (SSSR count). The van der Waals surface area contributed by atoms with Crippen LogP contribution in [0.5, 0.6) is 0 Å². The molecule has 0 aromatic carbocycles. The van der Waals surface area contributed by atoms with E-state index in [2.05, 4.69) is 130 Å². The zero-order valence-corrected chi connectivity index (χ0v) is 54.7. The molecule has 1 atom stereocenters. The highest BCUT2D eigenvalue weighted by atomic mass is 16.6. The van der Waals surface area contributed by atoms with Gasteiger partial charge in [-0.05, 0) is 83.5 Å². The van der Waals surface area contributed by atoms with Crippen molar-refractivity contribution in [3.63, 3.8) is 0 Å². The molecule has 0 saturated carbocycles. The van der Waals surface area contributed by atoms with Gasteiger partial charge in [0, 0.05) is 19.3 Å². The normalized spacial score (nSPS) is 12.8. The van der Waals surface area contributed by atoms with Gasteiger partial charge in [-0.2, -0.15) is 0 Å². The maximum atomic E-state index is 12.9. The topological polar surface area (TPSA) is 78.9 Å². The van der Waals surface area contributed by atoms with Crippen LogP contribution in [0.3, 0.4) is 0 Å². The van der Waals surface area contributed by atoms with E-state index in [0.29, 0.717) is 19.3 Å². The van der Waals surface area contributed by atoms with Crippen LogP contribution in [0.4, 0.5) is 0 Å². The maximum Gasteiger partial charge on any atom is 0.306 e. The number of hydrogen-bond donors (Lipinski definition) is 0. The first-order valence-corrected chi connectivity index (χ1v) is 35.4. The lowest BCUT2D eigenvalue weighted by Crippen LogP contribution is -2.30. The summed E-state index contributed by atoms with van der Waals surface area (Å²) in [5, 5.41) is 0. The summed E-state index contributed by atoms with van der Waals surface area (Å²) in [6.07, 6.45) is 97.1. The molecule has 476 valence electrons. The van der Waals surface area contributed by atoms with Crippen LogP contribution in [0.2, 0.25) is 0 Å². The van der Waals surface area contributed by atoms with Crippen LogP contribution in [-0.2, 0) is 28.6 Å². The van der Waals surface area contributed by atoms with Gasteiger partial charge in [-0.1, -0.05) is 348 Å². The molecule has 0 spiro atoms. The van der Waals surface area contributed by atoms with E-state index in [-0.39, 0.29) is 37.5 Å². The second-order valence-electron chi connectivity index (χ2n) is 23.4. The quantitative estimate of drug-likeness (QED) is 0.0261. The molecule has 0 heterocycles. The lowest BCUT2D eigenvalue weighted by atomic mass is 10.0. The number of hydrogen-bond acceptors (Lipinski definition) is 6. The summed E-state index contributed by atoms with van der Waals surface area (Å²) in [5.74, 6) is -0.943. The molecule has 0 aliphatic heterocycles. The molecule has 6 nitrogen and oxygen atoms in total. The van der Waals surface area contributed by atoms with Crippen molar-refractivity contribution in [1.82, 2.24) is 0 Å². The fourth-order valence-corrected chi connectivity index (χ4v) is 10.0. The van der Waals surface area contributed by atoms with Crippen molar-refractivity contribution in [3.05, 3.63) is 109 Å². The Kier molecular flexibility index (Phi) is 67.2. The highest BCUT2D eigenvalue weighted by Crippen LogP contribution is 2.18. The number of ether oxygens (including phenoxy) is 3. The van der Waals surface area contributed by atoms with Crippen LogP contribution in [0.25, 0.3) is 0 Å². The predicted octanol–water partition coefficient (Wildman–Crippen LogP) is 24.6. The second-order valence-corrected chi connectivity index (χ2v) is 23.4. The van der Waals surface area contributed by atoms with Crippen molar-refractivity contribution in [3.8, 4) is 0 Å². The third-order valence-electron chi connectivity index (χ3n) is 15.3. The Hall–Kier alpha value is -3.93. The van der Waals surface area contributed by atoms with Gasteiger partial charge in [0.25, 0.3) is 0 Å². The number of carbonyl (C=O) groups is 3. The number of allylic oxidation sites excluding steroid dienone is 18. The van der Waals surface area contributed by atoms with Crippen LogP contribution in [0.15, 0.2) is 109 Å². The van der Waals surface area contributed by atoms with Gasteiger partial charge in [-0.25, -0.2) is 0 Å². The fourth-order valence-electron chi connectivity index (χ4n) is 10.0. The van der Waals surface area contributed by atoms with E-state index < -0.39 is 6.10 Å². The summed E-state index contributed by atoms with van der Waals surface area (Å²) in [4.78, 5) is 38.3. The molecule has 0 amide bonds. The number of carbonyl (C=O) groups excluding carboxylic acids is 3. The number of unbranched alkanes of at least 4 members (excludes halogenated alkanes) is 35. The Morgan fingerprint density at radius 3 is 0.735 bits per heavy atom. The van der Waals surface area contributed by atoms with Crippen molar-refractivity contribution in [2.45, 2.75) is 348 Å². The summed E-state index contributed by atoms with van der Waals surface area (Å²) >= 11 is 0. The smallest absolute Gasteiger partial charge is 0.306 e. The fraction of sp³-hybridized carbons (Fsp3) is 0.727. The molecule has 0 aromatic heterocycles. The summed E-state index contributed by atoms with van der Waals surface area (Å²) in [6, 6.07) is 0. The Morgan fingerprint density at radius 1 is 0.253 bits per heavy atom. The summed E-state index contributed by atoms with van der Waals surface area (Å²) < 4.78 is 16.9. The van der Waals surface area contributed by atoms with Gasteiger partial charge < -0.3 is 14.2 Å². The Bertz CT molecular complexity index is 1660. The summed E-state index contributed by atoms with van der Waals surface area (Å²) in [7, 11) is 0. The highest BCUT2D eigenvalue weighted by Gasteiger charge is 2.19. The molecule has 0 bridgehead atoms. The van der Waals surface area contributed by atoms with Gasteiger partial charge in [0.05, 0.1) is 0 Å². The van der Waals surface area contributed by atoms with Crippen molar-refractivity contribution < 1.29 is 28.6 Å². The van der Waals surface area contributed by atoms with E-state index in [1.54, 1.807) is 0 Å². The molecular formula is C77H132O6. The van der Waals surface area contributed by atoms with Crippen molar-refractivity contribution in [1.29, 1.82) is 0 Å². The zero-order valence-electron chi connectivity index (χ0n) is 54.7. The third kappa shape index (κ3) is 68.7. The van der Waals surface area contributed by atoms with Gasteiger partial charge in [-0.3, -0.25) is 14.4 Å². The molecular weight excluding hydrogens is 1020 g/mol. The Morgan fingerprint density at radius 2 is 0.470 bits per heavy atom. The van der Waals surface area contributed by atoms with Gasteiger partial charge in [-0.15, -0.1) is 0 Å². The van der Waals surface area contributed by atoms with Crippen molar-refractivity contribution >= 4 is 17.9 Å². The van der Waals surface area contributed by atoms with Crippen molar-refractivity contribution in [2.75, 3.05) is 13.2 Å². The molecule has 0 N–H and O–H groups in total. The molecule has 0 radical (unpaired) electrons. The lowest BCUT2D eigenvalue weighted by Gasteiger charge is -2.18. The number of esters is 3. The van der Waals surface area contributed by atoms with Crippen LogP contribution in [0.1, 0.15) is 342 Å². The van der Waals surface area contributed by atoms with E-state index in [0.717, 1.165) is 103 Å². The third-order valence-corrected chi connectivity index (χ3v) is 15.3. The second kappa shape index (κ2) is 70.6. The van der Waals surface area contributed by atoms with Crippen LogP contribution >= 0.6 is 0 Å². The lowest BCUT2D eigenvalue weighted by molar-refractivity contribution is -0.167. The molecule has 0 aliphatic rings. The minimum Gasteiger partial charge on any atom is -0.462 e. The van der Waals surface area contributed by atoms with Crippen LogP contribution in [0, 0.1) is 0 Å². The van der Waals surface area contributed by atoms with Crippen LogP contribution < -0.4 is 0 Å². The average Bonchev–Trinajstić information content (AvgIpc) is 3.49. The monoisotopic (exact) mass is 1150 g/mol. The Balaban J connectivity index is 4.29. The maximum absolute atomic E-state index is 12.9. The van der Waals surface area contributed by atoms with Gasteiger partial charge in [0.15, 0.2) is 6.10 Å². The van der Waals surface area contributed by atoms with E-state index in [1.807, 2.05) is 0 Å². The first-order chi connectivity index (χ1) is 41.0. The molecule has 0 fully saturated rings. The zero-order chi connectivity index (χ0) is 59.9. The minimum absolute atomic E-state index is 0.0926. The molecule has 1 unspecified atom stereocenters. The van der Waals surface area contributed by atoms with Crippen LogP contribution in [-0.4, -0.2) is 37.2 Å². The summed E-state index contributed by atoms with van der Waals surface area (Å²) in [5.41, 5.74) is 0. The van der Waals surface area contributed by atoms with Crippen molar-refractivity contribution in [2.24, 2.45) is 0 Å². The highest BCUT2D eigenvalue weighted by molar-refractivity contribution is 5.71. The predicted molar refractivity (Wildman–Crippen MR) is 362 cm³/mol. The minimum atomic E-state index is -0.801. The Labute approximate surface area is 514 Å². The average molecular weight is 1150 g/mol. The van der Waals surface area contributed by atoms with Gasteiger partial charge in [0.2, 0.25) is 0 Å². The number of rotatable bonds is 64. The largest absolute Gasteiger partial charge is 0.462 e. The molecule has 83 heavy (non-hydrogen) atoms. The molecule has 6 heteroatoms. The van der Waals surface area contributed by atoms with E-state index in [4.69, 9.17) is 14.2 Å². The SMILES string of the molecule is CC/C=C\C/C=C\C/C=C\C/C=C\C/C=C\C/C=C\C/C=C\C/C=C\C/C=C\CCCC(=O)OCC(COC(=O)CCCCCCCCCCCC)OC(=O)CCCCCCCCCCCCCCCCCCCCCCCCCCCC.